The highest BCUT2D eigenvalue weighted by Crippen LogP contribution is 2.55. The van der Waals surface area contributed by atoms with Crippen LogP contribution in [0.1, 0.15) is 69.4 Å². The predicted molar refractivity (Wildman–Crippen MR) is 95.9 cm³/mol. The van der Waals surface area contributed by atoms with Crippen molar-refractivity contribution in [3.05, 3.63) is 27.7 Å². The second-order valence-corrected chi connectivity index (χ2v) is 13.9. The van der Waals surface area contributed by atoms with E-state index in [9.17, 15) is 0 Å². The Morgan fingerprint density at radius 2 is 1.52 bits per heavy atom. The van der Waals surface area contributed by atoms with Crippen molar-refractivity contribution in [2.24, 2.45) is 0 Å². The standard InChI is InChI=1S/C18H27BrOSi/c1-18(2,3)21(4,5)20-15-11-10-14(19)16-12-6-8-13(9-7-12)17(15)16/h10-13H,6-9H2,1-5H3. The van der Waals surface area contributed by atoms with Crippen molar-refractivity contribution in [2.45, 2.75) is 76.4 Å². The van der Waals surface area contributed by atoms with Crippen LogP contribution in [0.25, 0.3) is 0 Å². The summed E-state index contributed by atoms with van der Waals surface area (Å²) in [5, 5.41) is 0.251. The predicted octanol–water partition coefficient (Wildman–Crippen LogP) is 6.59. The average Bonchev–Trinajstić information content (AvgIpc) is 2.41. The van der Waals surface area contributed by atoms with Gasteiger partial charge in [0.2, 0.25) is 8.32 Å². The van der Waals surface area contributed by atoms with Gasteiger partial charge in [0, 0.05) is 10.0 Å². The van der Waals surface area contributed by atoms with Gasteiger partial charge in [-0.15, -0.1) is 0 Å². The maximum absolute atomic E-state index is 6.69. The van der Waals surface area contributed by atoms with Gasteiger partial charge in [0.15, 0.2) is 0 Å². The SMILES string of the molecule is CC(C)(C)[Si](C)(C)Oc1ccc(Br)c2c1C1CCC2CC1. The van der Waals surface area contributed by atoms with Gasteiger partial charge in [-0.3, -0.25) is 0 Å². The van der Waals surface area contributed by atoms with E-state index in [0.29, 0.717) is 0 Å². The van der Waals surface area contributed by atoms with E-state index in [0.717, 1.165) is 11.8 Å². The van der Waals surface area contributed by atoms with Gasteiger partial charge >= 0.3 is 0 Å². The van der Waals surface area contributed by atoms with E-state index in [2.05, 4.69) is 61.9 Å². The third kappa shape index (κ3) is 2.61. The lowest BCUT2D eigenvalue weighted by molar-refractivity contribution is 0.347. The molecule has 3 heteroatoms. The first-order valence-corrected chi connectivity index (χ1v) is 11.9. The summed E-state index contributed by atoms with van der Waals surface area (Å²) in [7, 11) is -1.77. The molecule has 4 rings (SSSR count). The van der Waals surface area contributed by atoms with E-state index in [1.54, 1.807) is 5.56 Å². The van der Waals surface area contributed by atoms with Crippen LogP contribution in [0.15, 0.2) is 16.6 Å². The summed E-state index contributed by atoms with van der Waals surface area (Å²) in [6.45, 7) is 11.6. The molecule has 116 valence electrons. The van der Waals surface area contributed by atoms with Gasteiger partial charge in [-0.1, -0.05) is 36.7 Å². The Bertz CT molecular complexity index is 551. The van der Waals surface area contributed by atoms with Crippen molar-refractivity contribution in [3.63, 3.8) is 0 Å². The fourth-order valence-electron chi connectivity index (χ4n) is 3.61. The molecule has 0 radical (unpaired) electrons. The Kier molecular flexibility index (Phi) is 3.81. The topological polar surface area (TPSA) is 9.23 Å². The monoisotopic (exact) mass is 366 g/mol. The zero-order valence-electron chi connectivity index (χ0n) is 13.9. The van der Waals surface area contributed by atoms with Gasteiger partial charge < -0.3 is 4.43 Å². The fraction of sp³-hybridized carbons (Fsp3) is 0.667. The highest BCUT2D eigenvalue weighted by Gasteiger charge is 2.42. The molecule has 0 amide bonds. The smallest absolute Gasteiger partial charge is 0.250 e. The van der Waals surface area contributed by atoms with Crippen LogP contribution in [-0.4, -0.2) is 8.32 Å². The minimum atomic E-state index is -1.77. The van der Waals surface area contributed by atoms with Crippen LogP contribution >= 0.6 is 15.9 Å². The Morgan fingerprint density at radius 3 is 2.05 bits per heavy atom. The summed E-state index contributed by atoms with van der Waals surface area (Å²) in [4.78, 5) is 0. The molecule has 2 bridgehead atoms. The third-order valence-electron chi connectivity index (χ3n) is 5.91. The lowest BCUT2D eigenvalue weighted by Gasteiger charge is -2.43. The van der Waals surface area contributed by atoms with Crippen molar-refractivity contribution in [1.82, 2.24) is 0 Å². The molecule has 0 heterocycles. The van der Waals surface area contributed by atoms with Crippen LogP contribution in [0.3, 0.4) is 0 Å². The van der Waals surface area contributed by atoms with E-state index in [4.69, 9.17) is 4.43 Å². The Balaban J connectivity index is 2.04. The Hall–Kier alpha value is -0.283. The molecule has 3 aliphatic carbocycles. The lowest BCUT2D eigenvalue weighted by atomic mass is 9.67. The first kappa shape index (κ1) is 15.6. The van der Waals surface area contributed by atoms with Gasteiger partial charge in [-0.25, -0.2) is 0 Å². The lowest BCUT2D eigenvalue weighted by Crippen LogP contribution is -2.44. The van der Waals surface area contributed by atoms with Gasteiger partial charge in [0.25, 0.3) is 0 Å². The minimum absolute atomic E-state index is 0.251. The second kappa shape index (κ2) is 5.12. The molecule has 0 N–H and O–H groups in total. The molecule has 0 saturated heterocycles. The molecule has 1 fully saturated rings. The Labute approximate surface area is 138 Å². The summed E-state index contributed by atoms with van der Waals surface area (Å²) in [5.41, 5.74) is 3.10. The van der Waals surface area contributed by atoms with E-state index in [-0.39, 0.29) is 5.04 Å². The molecule has 1 aromatic carbocycles. The molecule has 1 nitrogen and oxygen atoms in total. The van der Waals surface area contributed by atoms with Crippen LogP contribution in [0.5, 0.6) is 5.75 Å². The summed E-state index contributed by atoms with van der Waals surface area (Å²) in [6, 6.07) is 4.42. The fourth-order valence-corrected chi connectivity index (χ4v) is 5.32. The maximum Gasteiger partial charge on any atom is 0.250 e. The molecular weight excluding hydrogens is 340 g/mol. The first-order valence-electron chi connectivity index (χ1n) is 8.22. The summed E-state index contributed by atoms with van der Waals surface area (Å²) in [5.74, 6) is 2.67. The molecule has 0 atom stereocenters. The molecular formula is C18H27BrOSi. The van der Waals surface area contributed by atoms with E-state index >= 15 is 0 Å². The molecule has 0 unspecified atom stereocenters. The number of hydrogen-bond acceptors (Lipinski definition) is 1. The minimum Gasteiger partial charge on any atom is -0.543 e. The van der Waals surface area contributed by atoms with Crippen LogP contribution in [0, 0.1) is 0 Å². The molecule has 3 aliphatic rings. The van der Waals surface area contributed by atoms with Crippen molar-refractivity contribution in [3.8, 4) is 5.75 Å². The molecule has 21 heavy (non-hydrogen) atoms. The molecule has 0 aromatic heterocycles. The quantitative estimate of drug-likeness (QED) is 0.536. The zero-order valence-corrected chi connectivity index (χ0v) is 16.5. The van der Waals surface area contributed by atoms with Crippen LogP contribution in [-0.2, 0) is 0 Å². The van der Waals surface area contributed by atoms with E-state index in [1.165, 1.54) is 41.5 Å². The van der Waals surface area contributed by atoms with E-state index < -0.39 is 8.32 Å². The number of hydrogen-bond donors (Lipinski definition) is 0. The number of fused-ring (bicyclic) bond motifs is 2. The van der Waals surface area contributed by atoms with Gasteiger partial charge in [0.05, 0.1) is 0 Å². The molecule has 0 spiro atoms. The molecule has 0 aliphatic heterocycles. The number of rotatable bonds is 2. The van der Waals surface area contributed by atoms with Crippen LogP contribution in [0.4, 0.5) is 0 Å². The third-order valence-corrected chi connectivity index (χ3v) is 10.9. The second-order valence-electron chi connectivity index (χ2n) is 8.28. The molecule has 1 saturated carbocycles. The largest absolute Gasteiger partial charge is 0.543 e. The number of benzene rings is 1. The zero-order chi connectivity index (χ0) is 15.4. The van der Waals surface area contributed by atoms with Crippen LogP contribution < -0.4 is 4.43 Å². The van der Waals surface area contributed by atoms with Gasteiger partial charge in [0.1, 0.15) is 5.75 Å². The summed E-state index contributed by atoms with van der Waals surface area (Å²) >= 11 is 3.79. The Morgan fingerprint density at radius 1 is 1.00 bits per heavy atom. The summed E-state index contributed by atoms with van der Waals surface area (Å²) in [6.07, 6.45) is 5.42. The van der Waals surface area contributed by atoms with E-state index in [1.807, 2.05) is 0 Å². The highest BCUT2D eigenvalue weighted by atomic mass is 79.9. The summed E-state index contributed by atoms with van der Waals surface area (Å²) < 4.78 is 7.99. The first-order chi connectivity index (χ1) is 9.71. The van der Waals surface area contributed by atoms with Crippen molar-refractivity contribution >= 4 is 24.2 Å². The molecule has 1 aromatic rings. The number of halogens is 1. The average molecular weight is 367 g/mol. The highest BCUT2D eigenvalue weighted by molar-refractivity contribution is 9.10. The maximum atomic E-state index is 6.69. The normalized spacial score (nSPS) is 24.9. The van der Waals surface area contributed by atoms with Crippen molar-refractivity contribution in [1.29, 1.82) is 0 Å². The van der Waals surface area contributed by atoms with Crippen molar-refractivity contribution < 1.29 is 4.43 Å². The van der Waals surface area contributed by atoms with Crippen molar-refractivity contribution in [2.75, 3.05) is 0 Å². The van der Waals surface area contributed by atoms with Gasteiger partial charge in [-0.05, 0) is 73.3 Å². The van der Waals surface area contributed by atoms with Crippen LogP contribution in [0.2, 0.25) is 18.1 Å². The van der Waals surface area contributed by atoms with Gasteiger partial charge in [-0.2, -0.15) is 0 Å².